The van der Waals surface area contributed by atoms with Gasteiger partial charge in [-0.25, -0.2) is 8.91 Å². The summed E-state index contributed by atoms with van der Waals surface area (Å²) in [6, 6.07) is 9.40. The topological polar surface area (TPSA) is 127 Å². The van der Waals surface area contributed by atoms with E-state index in [1.165, 1.54) is 12.3 Å². The fourth-order valence-electron chi connectivity index (χ4n) is 4.40. The first-order valence-electron chi connectivity index (χ1n) is 12.2. The summed E-state index contributed by atoms with van der Waals surface area (Å²) in [5.74, 6) is 0.204. The average molecular weight is 492 g/mol. The van der Waals surface area contributed by atoms with Gasteiger partial charge in [0.2, 0.25) is 0 Å². The molecule has 0 saturated heterocycles. The first kappa shape index (κ1) is 23.7. The number of pyridine rings is 1. The molecule has 0 atom stereocenters. The van der Waals surface area contributed by atoms with Gasteiger partial charge in [0.25, 0.3) is 5.91 Å². The first-order valence-corrected chi connectivity index (χ1v) is 12.2. The van der Waals surface area contributed by atoms with Gasteiger partial charge in [-0.3, -0.25) is 14.5 Å². The third-order valence-electron chi connectivity index (χ3n) is 6.40. The minimum absolute atomic E-state index is 0.0512. The molecule has 0 unspecified atom stereocenters. The number of nitrogens with one attached hydrogen (secondary N) is 3. The lowest BCUT2D eigenvalue weighted by Crippen LogP contribution is -2.33. The Morgan fingerprint density at radius 1 is 1.08 bits per heavy atom. The smallest absolute Gasteiger partial charge is 0.274 e. The number of carbonyl (C=O) groups excluding carboxylic acids is 1. The highest BCUT2D eigenvalue weighted by molar-refractivity contribution is 6.04. The van der Waals surface area contributed by atoms with Gasteiger partial charge in [-0.1, -0.05) is 0 Å². The summed E-state index contributed by atoms with van der Waals surface area (Å²) in [6.07, 6.45) is 8.18. The Balaban J connectivity index is 1.49. The molecular weight excluding hydrogens is 461 g/mol. The Labute approximate surface area is 208 Å². The molecule has 5 N–H and O–H groups in total. The number of halogens is 1. The van der Waals surface area contributed by atoms with Gasteiger partial charge in [-0.15, -0.1) is 5.10 Å². The lowest BCUT2D eigenvalue weighted by atomic mass is 9.92. The number of nitrogens with zero attached hydrogens (tertiary/aromatic N) is 5. The van der Waals surface area contributed by atoms with Gasteiger partial charge in [0.1, 0.15) is 11.5 Å². The third kappa shape index (κ3) is 5.01. The number of hydrogen-bond donors (Lipinski definition) is 4. The molecule has 188 valence electrons. The fourth-order valence-corrected chi connectivity index (χ4v) is 4.40. The van der Waals surface area contributed by atoms with E-state index in [1.54, 1.807) is 16.6 Å². The van der Waals surface area contributed by atoms with Crippen molar-refractivity contribution in [3.63, 3.8) is 0 Å². The number of amides is 1. The number of nitrogens with two attached hydrogens (primary N) is 1. The van der Waals surface area contributed by atoms with E-state index in [2.05, 4.69) is 39.9 Å². The van der Waals surface area contributed by atoms with Crippen molar-refractivity contribution in [1.29, 1.82) is 0 Å². The Morgan fingerprint density at radius 2 is 1.89 bits per heavy atom. The van der Waals surface area contributed by atoms with Crippen LogP contribution in [-0.2, 0) is 0 Å². The quantitative estimate of drug-likeness (QED) is 0.303. The molecule has 0 radical (unpaired) electrons. The molecule has 0 spiro atoms. The van der Waals surface area contributed by atoms with E-state index in [1.807, 2.05) is 23.0 Å². The van der Waals surface area contributed by atoms with Gasteiger partial charge in [0.05, 0.1) is 23.1 Å². The summed E-state index contributed by atoms with van der Waals surface area (Å²) < 4.78 is 17.5. The monoisotopic (exact) mass is 491 g/mol. The molecule has 10 nitrogen and oxygen atoms in total. The molecule has 1 amide bonds. The molecule has 4 aromatic heterocycles. The van der Waals surface area contributed by atoms with Crippen molar-refractivity contribution < 1.29 is 9.18 Å². The van der Waals surface area contributed by atoms with E-state index in [0.717, 1.165) is 37.6 Å². The Morgan fingerprint density at radius 3 is 2.61 bits per heavy atom. The van der Waals surface area contributed by atoms with Crippen LogP contribution in [0.4, 0.5) is 27.4 Å². The van der Waals surface area contributed by atoms with Crippen molar-refractivity contribution in [2.75, 3.05) is 16.0 Å². The Hall–Kier alpha value is -3.99. The van der Waals surface area contributed by atoms with Crippen molar-refractivity contribution in [3.8, 4) is 0 Å². The van der Waals surface area contributed by atoms with Crippen LogP contribution in [0.2, 0.25) is 0 Å². The molecule has 4 aromatic rings. The highest BCUT2D eigenvalue weighted by atomic mass is 19.1. The van der Waals surface area contributed by atoms with Crippen molar-refractivity contribution in [1.82, 2.24) is 24.4 Å². The van der Waals surface area contributed by atoms with E-state index in [0.29, 0.717) is 17.2 Å². The highest BCUT2D eigenvalue weighted by Crippen LogP contribution is 2.28. The predicted octanol–water partition coefficient (Wildman–Crippen LogP) is 4.32. The summed E-state index contributed by atoms with van der Waals surface area (Å²) in [4.78, 5) is 16.8. The minimum atomic E-state index is -0.611. The largest absolute Gasteiger partial charge is 0.366 e. The molecule has 0 bridgehead atoms. The molecule has 1 aliphatic carbocycles. The van der Waals surface area contributed by atoms with Gasteiger partial charge in [-0.05, 0) is 57.7 Å². The molecule has 1 fully saturated rings. The van der Waals surface area contributed by atoms with Crippen LogP contribution in [0.1, 0.15) is 56.1 Å². The first-order chi connectivity index (χ1) is 17.4. The second-order valence-corrected chi connectivity index (χ2v) is 9.42. The van der Waals surface area contributed by atoms with E-state index in [4.69, 9.17) is 10.8 Å². The normalized spacial score (nSPS) is 17.9. The zero-order valence-electron chi connectivity index (χ0n) is 20.3. The van der Waals surface area contributed by atoms with Gasteiger partial charge in [-0.2, -0.15) is 5.10 Å². The van der Waals surface area contributed by atoms with Crippen LogP contribution in [0.15, 0.2) is 48.9 Å². The maximum absolute atomic E-state index is 14.1. The standard InChI is InChI=1S/C25H30FN9O/c1-15(2)34-12-10-23(32-34)30-20-13-24(29-17-5-3-16(27)4-6-17)33-35-21(20)7-8-22(35)25(36)31-19-9-11-28-14-18(19)26/h7-17H,3-6,27H2,1-2H3,(H,29,33)(H,30,32)(H,28,31,36). The third-order valence-corrected chi connectivity index (χ3v) is 6.40. The maximum atomic E-state index is 14.1. The van der Waals surface area contributed by atoms with Crippen LogP contribution in [0.3, 0.4) is 0 Å². The lowest BCUT2D eigenvalue weighted by Gasteiger charge is -2.27. The van der Waals surface area contributed by atoms with Crippen LogP contribution in [-0.4, -0.2) is 42.4 Å². The Bertz CT molecular complexity index is 1370. The number of fused-ring (bicyclic) bond motifs is 1. The zero-order valence-corrected chi connectivity index (χ0v) is 20.3. The highest BCUT2D eigenvalue weighted by Gasteiger charge is 2.21. The number of rotatable bonds is 7. The number of carbonyl (C=O) groups is 1. The maximum Gasteiger partial charge on any atom is 0.274 e. The van der Waals surface area contributed by atoms with Gasteiger partial charge in [0, 0.05) is 42.7 Å². The fraction of sp³-hybridized carbons (Fsp3) is 0.360. The zero-order chi connectivity index (χ0) is 25.2. The summed E-state index contributed by atoms with van der Waals surface area (Å²) in [7, 11) is 0. The second kappa shape index (κ2) is 9.94. The lowest BCUT2D eigenvalue weighted by molar-refractivity contribution is 0.102. The molecule has 1 saturated carbocycles. The molecule has 0 aromatic carbocycles. The molecular formula is C25H30FN9O. The van der Waals surface area contributed by atoms with Crippen molar-refractivity contribution in [2.45, 2.75) is 57.7 Å². The SMILES string of the molecule is CC(C)n1ccc(Nc2cc(NC3CCC(N)CC3)nn3c(C(=O)Nc4ccncc4F)ccc23)n1. The minimum Gasteiger partial charge on any atom is -0.366 e. The molecule has 1 aliphatic rings. The molecule has 0 aliphatic heterocycles. The molecule has 36 heavy (non-hydrogen) atoms. The molecule has 4 heterocycles. The van der Waals surface area contributed by atoms with Gasteiger partial charge >= 0.3 is 0 Å². The Kier molecular flexibility index (Phi) is 6.55. The van der Waals surface area contributed by atoms with Crippen LogP contribution >= 0.6 is 0 Å². The van der Waals surface area contributed by atoms with Gasteiger partial charge < -0.3 is 21.7 Å². The number of hydrogen-bond acceptors (Lipinski definition) is 7. The summed E-state index contributed by atoms with van der Waals surface area (Å²) in [5, 5.41) is 18.8. The van der Waals surface area contributed by atoms with E-state index in [-0.39, 0.29) is 29.5 Å². The van der Waals surface area contributed by atoms with E-state index >= 15 is 0 Å². The predicted molar refractivity (Wildman–Crippen MR) is 137 cm³/mol. The van der Waals surface area contributed by atoms with Crippen LogP contribution in [0, 0.1) is 5.82 Å². The van der Waals surface area contributed by atoms with Crippen molar-refractivity contribution >= 4 is 34.4 Å². The average Bonchev–Trinajstić information content (AvgIpc) is 3.50. The van der Waals surface area contributed by atoms with Crippen molar-refractivity contribution in [3.05, 3.63) is 60.4 Å². The summed E-state index contributed by atoms with van der Waals surface area (Å²) >= 11 is 0. The van der Waals surface area contributed by atoms with Gasteiger partial charge in [0.15, 0.2) is 11.6 Å². The number of aromatic nitrogens is 5. The van der Waals surface area contributed by atoms with E-state index in [9.17, 15) is 9.18 Å². The van der Waals surface area contributed by atoms with E-state index < -0.39 is 11.7 Å². The second-order valence-electron chi connectivity index (χ2n) is 9.42. The summed E-state index contributed by atoms with van der Waals surface area (Å²) in [6.45, 7) is 4.12. The van der Waals surface area contributed by atoms with Crippen LogP contribution < -0.4 is 21.7 Å². The van der Waals surface area contributed by atoms with Crippen LogP contribution in [0.25, 0.3) is 5.52 Å². The molecule has 11 heteroatoms. The van der Waals surface area contributed by atoms with Crippen LogP contribution in [0.5, 0.6) is 0 Å². The summed E-state index contributed by atoms with van der Waals surface area (Å²) in [5.41, 5.74) is 7.82. The number of anilines is 4. The van der Waals surface area contributed by atoms with Crippen molar-refractivity contribution in [2.24, 2.45) is 5.73 Å². The molecule has 5 rings (SSSR count).